The predicted octanol–water partition coefficient (Wildman–Crippen LogP) is 1.61. The number of aromatic nitrogens is 2. The zero-order chi connectivity index (χ0) is 15.0. The highest BCUT2D eigenvalue weighted by atomic mass is 19.4. The summed E-state index contributed by atoms with van der Waals surface area (Å²) in [5.41, 5.74) is 0.279. The average molecular weight is 297 g/mol. The highest BCUT2D eigenvalue weighted by molar-refractivity contribution is 5.67. The van der Waals surface area contributed by atoms with Crippen LogP contribution in [0.15, 0.2) is 12.1 Å². The maximum Gasteiger partial charge on any atom is 0.422 e. The topological polar surface area (TPSA) is 73.3 Å². The number of hydrogen-bond acceptors (Lipinski definition) is 5. The number of hydrogen-bond donors (Lipinski definition) is 1. The highest BCUT2D eigenvalue weighted by Crippen LogP contribution is 2.16. The summed E-state index contributed by atoms with van der Waals surface area (Å²) in [5, 5.41) is 9.20. The molecule has 0 unspecified atom stereocenters. The lowest BCUT2D eigenvalue weighted by Gasteiger charge is -2.08. The van der Waals surface area contributed by atoms with Crippen LogP contribution in [0.5, 0.6) is 5.88 Å². The Morgan fingerprint density at radius 2 is 2.05 bits per heavy atom. The summed E-state index contributed by atoms with van der Waals surface area (Å²) in [5.74, 6) is -0.286. The molecule has 0 atom stereocenters. The van der Waals surface area contributed by atoms with Gasteiger partial charge in [0.15, 0.2) is 6.61 Å². The first kappa shape index (κ1) is 15.9. The molecule has 0 aliphatic heterocycles. The quantitative estimate of drug-likeness (QED) is 0.808. The lowest BCUT2D eigenvalue weighted by Crippen LogP contribution is -2.25. The molecular formula is C10H11F4N3O3. The molecule has 10 heteroatoms. The monoisotopic (exact) mass is 297 g/mol. The van der Waals surface area contributed by atoms with Crippen LogP contribution in [0.25, 0.3) is 0 Å². The van der Waals surface area contributed by atoms with E-state index >= 15 is 0 Å². The molecule has 112 valence electrons. The predicted molar refractivity (Wildman–Crippen MR) is 57.7 cm³/mol. The van der Waals surface area contributed by atoms with Crippen LogP contribution >= 0.6 is 0 Å². The second-order valence-electron chi connectivity index (χ2n) is 3.45. The first-order valence-corrected chi connectivity index (χ1v) is 5.39. The Balaban J connectivity index is 2.37. The second kappa shape index (κ2) is 7.46. The van der Waals surface area contributed by atoms with Crippen LogP contribution in [0.3, 0.4) is 0 Å². The summed E-state index contributed by atoms with van der Waals surface area (Å²) in [7, 11) is 0. The molecule has 0 bridgehead atoms. The van der Waals surface area contributed by atoms with Crippen molar-refractivity contribution >= 4 is 6.09 Å². The molecule has 0 saturated heterocycles. The van der Waals surface area contributed by atoms with Crippen LogP contribution < -0.4 is 10.1 Å². The van der Waals surface area contributed by atoms with Gasteiger partial charge in [0.05, 0.1) is 12.2 Å². The van der Waals surface area contributed by atoms with Gasteiger partial charge in [0.1, 0.15) is 13.3 Å². The molecule has 0 aliphatic carbocycles. The molecule has 1 N–H and O–H groups in total. The van der Waals surface area contributed by atoms with Crippen LogP contribution in [0.2, 0.25) is 0 Å². The smallest absolute Gasteiger partial charge is 0.422 e. The van der Waals surface area contributed by atoms with E-state index in [1.807, 2.05) is 0 Å². The Hall–Kier alpha value is -2.13. The molecule has 0 aromatic carbocycles. The van der Waals surface area contributed by atoms with Gasteiger partial charge < -0.3 is 14.8 Å². The standard InChI is InChI=1S/C10H11F4N3O3/c11-3-4-19-9(18)15-5-7-1-2-8(17-16-7)20-6-10(12,13)14/h1-2H,3-6H2,(H,15,18). The molecule has 1 rings (SSSR count). The molecule has 0 saturated carbocycles. The van der Waals surface area contributed by atoms with Crippen LogP contribution in [0.1, 0.15) is 5.69 Å². The Labute approximate surface area is 111 Å². The number of carbonyl (C=O) groups excluding carboxylic acids is 1. The molecule has 1 aromatic heterocycles. The Morgan fingerprint density at radius 1 is 1.30 bits per heavy atom. The fourth-order valence-electron chi connectivity index (χ4n) is 1.02. The average Bonchev–Trinajstić information content (AvgIpc) is 2.41. The van der Waals surface area contributed by atoms with Crippen molar-refractivity contribution in [3.63, 3.8) is 0 Å². The van der Waals surface area contributed by atoms with E-state index in [0.717, 1.165) is 0 Å². The molecule has 20 heavy (non-hydrogen) atoms. The molecule has 0 spiro atoms. The normalized spacial score (nSPS) is 11.0. The van der Waals surface area contributed by atoms with E-state index in [9.17, 15) is 22.4 Å². The zero-order valence-corrected chi connectivity index (χ0v) is 10.1. The molecule has 6 nitrogen and oxygen atoms in total. The van der Waals surface area contributed by atoms with Crippen LogP contribution in [-0.4, -0.2) is 42.4 Å². The lowest BCUT2D eigenvalue weighted by molar-refractivity contribution is -0.154. The molecule has 0 fully saturated rings. The fourth-order valence-corrected chi connectivity index (χ4v) is 1.02. The SMILES string of the molecule is O=C(NCc1ccc(OCC(F)(F)F)nn1)OCCF. The first-order valence-electron chi connectivity index (χ1n) is 5.39. The number of carbonyl (C=O) groups is 1. The maximum absolute atomic E-state index is 11.9. The van der Waals surface area contributed by atoms with Gasteiger partial charge in [-0.1, -0.05) is 0 Å². The Kier molecular flexibility index (Phi) is 5.94. The van der Waals surface area contributed by atoms with Crippen molar-refractivity contribution in [2.45, 2.75) is 12.7 Å². The number of nitrogens with zero attached hydrogens (tertiary/aromatic N) is 2. The van der Waals surface area contributed by atoms with Gasteiger partial charge >= 0.3 is 12.3 Å². The van der Waals surface area contributed by atoms with E-state index in [-0.39, 0.29) is 24.7 Å². The van der Waals surface area contributed by atoms with Crippen LogP contribution in [-0.2, 0) is 11.3 Å². The van der Waals surface area contributed by atoms with Crippen molar-refractivity contribution in [2.24, 2.45) is 0 Å². The van der Waals surface area contributed by atoms with Crippen LogP contribution in [0, 0.1) is 0 Å². The fraction of sp³-hybridized carbons (Fsp3) is 0.500. The third-order valence-electron chi connectivity index (χ3n) is 1.80. The van der Waals surface area contributed by atoms with Gasteiger partial charge in [0.2, 0.25) is 5.88 Å². The minimum absolute atomic E-state index is 0.0579. The summed E-state index contributed by atoms with van der Waals surface area (Å²) < 4.78 is 56.0. The minimum Gasteiger partial charge on any atom is -0.467 e. The number of nitrogens with one attached hydrogen (secondary N) is 1. The number of halogens is 4. The van der Waals surface area contributed by atoms with Crippen molar-refractivity contribution in [3.05, 3.63) is 17.8 Å². The summed E-state index contributed by atoms with van der Waals surface area (Å²) in [4.78, 5) is 11.0. The molecule has 0 aliphatic rings. The largest absolute Gasteiger partial charge is 0.467 e. The molecule has 1 amide bonds. The minimum atomic E-state index is -4.46. The summed E-state index contributed by atoms with van der Waals surface area (Å²) >= 11 is 0. The van der Waals surface area contributed by atoms with Gasteiger partial charge in [-0.15, -0.1) is 5.10 Å². The second-order valence-corrected chi connectivity index (χ2v) is 3.45. The van der Waals surface area contributed by atoms with Crippen LogP contribution in [0.4, 0.5) is 22.4 Å². The number of rotatable bonds is 6. The maximum atomic E-state index is 11.9. The van der Waals surface area contributed by atoms with E-state index in [4.69, 9.17) is 0 Å². The van der Waals surface area contributed by atoms with Crippen molar-refractivity contribution in [1.82, 2.24) is 15.5 Å². The van der Waals surface area contributed by atoms with Gasteiger partial charge in [-0.25, -0.2) is 9.18 Å². The van der Waals surface area contributed by atoms with Gasteiger partial charge in [0, 0.05) is 6.07 Å². The van der Waals surface area contributed by atoms with E-state index < -0.39 is 25.6 Å². The summed E-state index contributed by atoms with van der Waals surface area (Å²) in [6, 6.07) is 2.51. The summed E-state index contributed by atoms with van der Waals surface area (Å²) in [6.45, 7) is -2.67. The van der Waals surface area contributed by atoms with Gasteiger partial charge in [-0.3, -0.25) is 0 Å². The molecular weight excluding hydrogens is 286 g/mol. The lowest BCUT2D eigenvalue weighted by atomic mass is 10.4. The van der Waals surface area contributed by atoms with Crippen molar-refractivity contribution < 1.29 is 31.8 Å². The van der Waals surface area contributed by atoms with E-state index in [1.165, 1.54) is 12.1 Å². The Morgan fingerprint density at radius 3 is 2.60 bits per heavy atom. The third-order valence-corrected chi connectivity index (χ3v) is 1.80. The van der Waals surface area contributed by atoms with Crippen molar-refractivity contribution in [2.75, 3.05) is 19.9 Å². The van der Waals surface area contributed by atoms with Gasteiger partial charge in [-0.05, 0) is 6.07 Å². The highest BCUT2D eigenvalue weighted by Gasteiger charge is 2.28. The number of amides is 1. The van der Waals surface area contributed by atoms with Gasteiger partial charge in [0.25, 0.3) is 0 Å². The van der Waals surface area contributed by atoms with E-state index in [2.05, 4.69) is 25.0 Å². The number of ether oxygens (including phenoxy) is 2. The molecule has 1 aromatic rings. The third kappa shape index (κ3) is 6.71. The van der Waals surface area contributed by atoms with Crippen molar-refractivity contribution in [1.29, 1.82) is 0 Å². The number of alkyl halides is 4. The number of alkyl carbamates (subject to hydrolysis) is 1. The van der Waals surface area contributed by atoms with E-state index in [0.29, 0.717) is 0 Å². The first-order chi connectivity index (χ1) is 9.40. The van der Waals surface area contributed by atoms with Crippen molar-refractivity contribution in [3.8, 4) is 5.88 Å². The summed E-state index contributed by atoms with van der Waals surface area (Å²) in [6.07, 6.45) is -5.29. The molecule has 0 radical (unpaired) electrons. The zero-order valence-electron chi connectivity index (χ0n) is 10.1. The Bertz CT molecular complexity index is 425. The molecule has 1 heterocycles. The van der Waals surface area contributed by atoms with Gasteiger partial charge in [-0.2, -0.15) is 18.3 Å². The van der Waals surface area contributed by atoms with E-state index in [1.54, 1.807) is 0 Å².